The minimum absolute atomic E-state index is 0.106. The lowest BCUT2D eigenvalue weighted by Gasteiger charge is -2.25. The van der Waals surface area contributed by atoms with Crippen molar-refractivity contribution in [3.8, 4) is 0 Å². The summed E-state index contributed by atoms with van der Waals surface area (Å²) in [7, 11) is -2.12. The zero-order valence-corrected chi connectivity index (χ0v) is 14.1. The number of benzene rings is 1. The summed E-state index contributed by atoms with van der Waals surface area (Å²) >= 11 is 3.27. The van der Waals surface area contributed by atoms with Crippen LogP contribution in [0.1, 0.15) is 18.5 Å². The van der Waals surface area contributed by atoms with Crippen LogP contribution in [0, 0.1) is 0 Å². The zero-order valence-electron chi connectivity index (χ0n) is 11.7. The Morgan fingerprint density at radius 3 is 2.43 bits per heavy atom. The summed E-state index contributed by atoms with van der Waals surface area (Å²) in [5.41, 5.74) is 6.93. The molecule has 1 atom stereocenters. The molecule has 0 fully saturated rings. The summed E-state index contributed by atoms with van der Waals surface area (Å²) in [6.07, 6.45) is 3.28. The van der Waals surface area contributed by atoms with Crippen molar-refractivity contribution in [2.45, 2.75) is 17.9 Å². The number of nitrogens with zero attached hydrogens (tertiary/aromatic N) is 2. The molecular weight excluding hydrogens is 354 g/mol. The highest BCUT2D eigenvalue weighted by atomic mass is 79.9. The van der Waals surface area contributed by atoms with Gasteiger partial charge in [-0.2, -0.15) is 4.31 Å². The average molecular weight is 370 g/mol. The molecule has 0 saturated heterocycles. The number of sulfonamides is 1. The van der Waals surface area contributed by atoms with E-state index >= 15 is 0 Å². The smallest absolute Gasteiger partial charge is 0.245 e. The van der Waals surface area contributed by atoms with E-state index < -0.39 is 10.0 Å². The maximum atomic E-state index is 12.7. The standard InChI is InChI=1S/C14H16BrN3O2S/c1-10(11-5-7-17-8-6-11)18(2)21(19,20)14-4-3-12(15)9-13(14)16/h3-10H,16H2,1-2H3. The molecule has 2 N–H and O–H groups in total. The van der Waals surface area contributed by atoms with E-state index in [1.54, 1.807) is 43.7 Å². The van der Waals surface area contributed by atoms with Crippen LogP contribution < -0.4 is 5.73 Å². The van der Waals surface area contributed by atoms with E-state index in [1.807, 2.05) is 6.92 Å². The van der Waals surface area contributed by atoms with Crippen molar-refractivity contribution in [3.63, 3.8) is 0 Å². The van der Waals surface area contributed by atoms with Gasteiger partial charge in [0.2, 0.25) is 10.0 Å². The molecule has 0 bridgehead atoms. The second-order valence-electron chi connectivity index (χ2n) is 4.66. The van der Waals surface area contributed by atoms with Crippen LogP contribution in [0.2, 0.25) is 0 Å². The normalized spacial score (nSPS) is 13.3. The van der Waals surface area contributed by atoms with E-state index in [4.69, 9.17) is 5.73 Å². The second-order valence-corrected chi connectivity index (χ2v) is 7.54. The molecule has 5 nitrogen and oxygen atoms in total. The van der Waals surface area contributed by atoms with Gasteiger partial charge < -0.3 is 5.73 Å². The molecule has 1 unspecified atom stereocenters. The number of aromatic nitrogens is 1. The Morgan fingerprint density at radius 1 is 1.24 bits per heavy atom. The second kappa shape index (κ2) is 6.13. The molecule has 2 aromatic rings. The maximum absolute atomic E-state index is 12.7. The van der Waals surface area contributed by atoms with Crippen LogP contribution in [0.15, 0.2) is 52.1 Å². The Bertz CT molecular complexity index is 735. The van der Waals surface area contributed by atoms with Gasteiger partial charge in [0.15, 0.2) is 0 Å². The fourth-order valence-corrected chi connectivity index (χ4v) is 3.79. The molecule has 1 aromatic carbocycles. The number of pyridine rings is 1. The summed E-state index contributed by atoms with van der Waals surface area (Å²) in [6.45, 7) is 1.82. The predicted octanol–water partition coefficient (Wildman–Crippen LogP) is 2.81. The largest absolute Gasteiger partial charge is 0.398 e. The molecule has 21 heavy (non-hydrogen) atoms. The average Bonchev–Trinajstić information content (AvgIpc) is 2.46. The van der Waals surface area contributed by atoms with Gasteiger partial charge in [0.25, 0.3) is 0 Å². The van der Waals surface area contributed by atoms with Crippen LogP contribution >= 0.6 is 15.9 Å². The lowest BCUT2D eigenvalue weighted by atomic mass is 10.1. The van der Waals surface area contributed by atoms with Crippen LogP contribution in [0.25, 0.3) is 0 Å². The Kier molecular flexibility index (Phi) is 4.65. The number of hydrogen-bond donors (Lipinski definition) is 1. The molecule has 0 radical (unpaired) electrons. The number of anilines is 1. The van der Waals surface area contributed by atoms with Gasteiger partial charge in [-0.3, -0.25) is 4.98 Å². The van der Waals surface area contributed by atoms with E-state index in [-0.39, 0.29) is 16.6 Å². The molecule has 1 aromatic heterocycles. The molecule has 0 amide bonds. The highest BCUT2D eigenvalue weighted by Crippen LogP contribution is 2.29. The molecule has 7 heteroatoms. The van der Waals surface area contributed by atoms with E-state index in [9.17, 15) is 8.42 Å². The van der Waals surface area contributed by atoms with Crippen molar-refractivity contribution in [2.24, 2.45) is 0 Å². The van der Waals surface area contributed by atoms with E-state index in [1.165, 1.54) is 10.4 Å². The number of rotatable bonds is 4. The molecule has 0 aliphatic rings. The van der Waals surface area contributed by atoms with Gasteiger partial charge in [-0.05, 0) is 42.8 Å². The number of nitrogens with two attached hydrogens (primary N) is 1. The SMILES string of the molecule is CC(c1ccncc1)N(C)S(=O)(=O)c1ccc(Br)cc1N. The van der Waals surface area contributed by atoms with Crippen molar-refractivity contribution in [3.05, 3.63) is 52.8 Å². The van der Waals surface area contributed by atoms with Gasteiger partial charge in [0.1, 0.15) is 4.90 Å². The third-order valence-corrected chi connectivity index (χ3v) is 5.86. The Labute approximate surface area is 133 Å². The Hall–Kier alpha value is -1.44. The van der Waals surface area contributed by atoms with Crippen molar-refractivity contribution in [2.75, 3.05) is 12.8 Å². The van der Waals surface area contributed by atoms with E-state index in [0.29, 0.717) is 0 Å². The molecule has 0 aliphatic heterocycles. The van der Waals surface area contributed by atoms with Gasteiger partial charge in [-0.25, -0.2) is 8.42 Å². The molecule has 2 rings (SSSR count). The monoisotopic (exact) mass is 369 g/mol. The van der Waals surface area contributed by atoms with Gasteiger partial charge in [0.05, 0.1) is 5.69 Å². The van der Waals surface area contributed by atoms with Crippen LogP contribution in [-0.4, -0.2) is 24.8 Å². The first-order valence-electron chi connectivity index (χ1n) is 6.27. The highest BCUT2D eigenvalue weighted by Gasteiger charge is 2.28. The summed E-state index contributed by atoms with van der Waals surface area (Å²) < 4.78 is 27.4. The topological polar surface area (TPSA) is 76.3 Å². The van der Waals surface area contributed by atoms with E-state index in [0.717, 1.165) is 10.0 Å². The van der Waals surface area contributed by atoms with Crippen molar-refractivity contribution in [1.82, 2.24) is 9.29 Å². The minimum Gasteiger partial charge on any atom is -0.398 e. The third kappa shape index (κ3) is 3.25. The first-order valence-corrected chi connectivity index (χ1v) is 8.50. The summed E-state index contributed by atoms with van der Waals surface area (Å²) in [6, 6.07) is 8.01. The lowest BCUT2D eigenvalue weighted by molar-refractivity contribution is 0.398. The molecule has 112 valence electrons. The lowest BCUT2D eigenvalue weighted by Crippen LogP contribution is -2.30. The third-order valence-electron chi connectivity index (χ3n) is 3.36. The van der Waals surface area contributed by atoms with Crippen LogP contribution in [0.5, 0.6) is 0 Å². The number of nitrogen functional groups attached to an aromatic ring is 1. The molecule has 0 saturated carbocycles. The number of halogens is 1. The van der Waals surface area contributed by atoms with Crippen LogP contribution in [0.3, 0.4) is 0 Å². The summed E-state index contributed by atoms with van der Waals surface area (Å²) in [5, 5.41) is 0. The molecular formula is C14H16BrN3O2S. The fraction of sp³-hybridized carbons (Fsp3) is 0.214. The van der Waals surface area contributed by atoms with Crippen molar-refractivity contribution >= 4 is 31.6 Å². The van der Waals surface area contributed by atoms with Gasteiger partial charge in [-0.15, -0.1) is 0 Å². The molecule has 0 spiro atoms. The predicted molar refractivity (Wildman–Crippen MR) is 86.2 cm³/mol. The van der Waals surface area contributed by atoms with Gasteiger partial charge in [-0.1, -0.05) is 15.9 Å². The molecule has 0 aliphatic carbocycles. The van der Waals surface area contributed by atoms with Crippen molar-refractivity contribution < 1.29 is 8.42 Å². The minimum atomic E-state index is -3.67. The Balaban J connectivity index is 2.39. The van der Waals surface area contributed by atoms with Crippen molar-refractivity contribution in [1.29, 1.82) is 0 Å². The van der Waals surface area contributed by atoms with Gasteiger partial charge >= 0.3 is 0 Å². The van der Waals surface area contributed by atoms with E-state index in [2.05, 4.69) is 20.9 Å². The molecule has 1 heterocycles. The van der Waals surface area contributed by atoms with Crippen LogP contribution in [0.4, 0.5) is 5.69 Å². The quantitative estimate of drug-likeness (QED) is 0.840. The first kappa shape index (κ1) is 15.9. The zero-order chi connectivity index (χ0) is 15.6. The van der Waals surface area contributed by atoms with Gasteiger partial charge in [0, 0.05) is 30.0 Å². The summed E-state index contributed by atoms with van der Waals surface area (Å²) in [5.74, 6) is 0. The fourth-order valence-electron chi connectivity index (χ4n) is 1.97. The summed E-state index contributed by atoms with van der Waals surface area (Å²) in [4.78, 5) is 4.04. The Morgan fingerprint density at radius 2 is 1.86 bits per heavy atom. The first-order chi connectivity index (χ1) is 9.84. The van der Waals surface area contributed by atoms with Crippen LogP contribution in [-0.2, 0) is 10.0 Å². The number of hydrogen-bond acceptors (Lipinski definition) is 4. The highest BCUT2D eigenvalue weighted by molar-refractivity contribution is 9.10. The maximum Gasteiger partial charge on any atom is 0.245 e.